The highest BCUT2D eigenvalue weighted by molar-refractivity contribution is 8.01. The van der Waals surface area contributed by atoms with E-state index in [1.807, 2.05) is 23.9 Å². The van der Waals surface area contributed by atoms with Crippen LogP contribution >= 0.6 is 24.0 Å². The number of hydrogen-bond donors (Lipinski definition) is 2. The van der Waals surface area contributed by atoms with Crippen LogP contribution in [-0.4, -0.2) is 57.9 Å². The summed E-state index contributed by atoms with van der Waals surface area (Å²) in [5, 5.41) is 21.3. The van der Waals surface area contributed by atoms with E-state index in [0.717, 1.165) is 73.9 Å². The maximum absolute atomic E-state index is 11.1. The molecule has 6 heteroatoms. The van der Waals surface area contributed by atoms with Gasteiger partial charge in [-0.1, -0.05) is 50.7 Å². The fourth-order valence-corrected chi connectivity index (χ4v) is 9.56. The number of benzene rings is 2. The zero-order chi connectivity index (χ0) is 29.7. The zero-order valence-electron chi connectivity index (χ0n) is 25.9. The van der Waals surface area contributed by atoms with Crippen molar-refractivity contribution in [1.29, 1.82) is 0 Å². The number of fused-ring (bicyclic) bond motifs is 5. The van der Waals surface area contributed by atoms with E-state index in [9.17, 15) is 10.2 Å². The highest BCUT2D eigenvalue weighted by Gasteiger charge is 2.57. The Morgan fingerprint density at radius 2 is 1.88 bits per heavy atom. The molecular formula is C36H51NO3S2. The van der Waals surface area contributed by atoms with Crippen molar-refractivity contribution in [2.24, 2.45) is 17.3 Å². The number of hydrogen-bond acceptors (Lipinski definition) is 5. The average Bonchev–Trinajstić information content (AvgIpc) is 3.30. The van der Waals surface area contributed by atoms with Crippen LogP contribution in [0.1, 0.15) is 100 Å². The first-order valence-corrected chi connectivity index (χ1v) is 17.9. The van der Waals surface area contributed by atoms with Gasteiger partial charge in [-0.2, -0.15) is 11.8 Å². The topological polar surface area (TPSA) is 52.9 Å². The van der Waals surface area contributed by atoms with E-state index in [0.29, 0.717) is 29.4 Å². The molecule has 6 atom stereocenters. The predicted octanol–water partition coefficient (Wildman–Crippen LogP) is 8.34. The van der Waals surface area contributed by atoms with Gasteiger partial charge in [0.15, 0.2) is 0 Å². The Bertz CT molecular complexity index is 1190. The number of aryl methyl sites for hydroxylation is 1. The molecule has 0 unspecified atom stereocenters. The monoisotopic (exact) mass is 609 g/mol. The maximum Gasteiger partial charge on any atom is 0.119 e. The third-order valence-corrected chi connectivity index (χ3v) is 12.4. The fraction of sp³-hybridized carbons (Fsp3) is 0.639. The lowest BCUT2D eigenvalue weighted by Gasteiger charge is -2.54. The van der Waals surface area contributed by atoms with Gasteiger partial charge in [0, 0.05) is 19.3 Å². The number of phenolic OH excluding ortho intramolecular Hbond substituents is 1. The van der Waals surface area contributed by atoms with Crippen molar-refractivity contribution >= 4 is 29.0 Å². The smallest absolute Gasteiger partial charge is 0.119 e. The lowest BCUT2D eigenvalue weighted by atomic mass is 9.51. The molecule has 0 radical (unpaired) electrons. The molecule has 2 aromatic carbocycles. The molecule has 230 valence electrons. The lowest BCUT2D eigenvalue weighted by Crippen LogP contribution is -2.47. The number of ether oxygens (including phenoxy) is 1. The normalized spacial score (nSPS) is 28.0. The Morgan fingerprint density at radius 1 is 1.07 bits per heavy atom. The molecule has 0 aromatic heterocycles. The largest absolute Gasteiger partial charge is 0.508 e. The Labute approximate surface area is 263 Å². The molecule has 2 aromatic rings. The molecular weight excluding hydrogens is 559 g/mol. The van der Waals surface area contributed by atoms with Crippen molar-refractivity contribution in [1.82, 2.24) is 4.90 Å². The Kier molecular flexibility index (Phi) is 10.8. The molecule has 2 saturated carbocycles. The van der Waals surface area contributed by atoms with Gasteiger partial charge < -0.3 is 19.8 Å². The van der Waals surface area contributed by atoms with Crippen LogP contribution in [0.4, 0.5) is 0 Å². The van der Waals surface area contributed by atoms with Crippen molar-refractivity contribution in [3.63, 3.8) is 0 Å². The summed E-state index contributed by atoms with van der Waals surface area (Å²) in [6.45, 7) is 6.38. The number of aliphatic hydroxyl groups is 1. The van der Waals surface area contributed by atoms with Gasteiger partial charge >= 0.3 is 0 Å². The summed E-state index contributed by atoms with van der Waals surface area (Å²) in [6.07, 6.45) is 10.9. The number of rotatable bonds is 13. The maximum atomic E-state index is 11.1. The van der Waals surface area contributed by atoms with E-state index in [4.69, 9.17) is 17.0 Å². The van der Waals surface area contributed by atoms with Crippen LogP contribution in [0.3, 0.4) is 0 Å². The number of nitrogens with zero attached hydrogens (tertiary/aromatic N) is 1. The van der Waals surface area contributed by atoms with Crippen molar-refractivity contribution < 1.29 is 14.9 Å². The molecule has 2 N–H and O–H groups in total. The summed E-state index contributed by atoms with van der Waals surface area (Å²) in [5.41, 5.74) is 4.06. The number of unbranched alkanes of at least 4 members (excludes halogenated alkanes) is 3. The Hall–Kier alpha value is -1.76. The molecule has 3 aliphatic carbocycles. The summed E-state index contributed by atoms with van der Waals surface area (Å²) < 4.78 is 6.14. The average molecular weight is 610 g/mol. The van der Waals surface area contributed by atoms with Gasteiger partial charge in [0.1, 0.15) is 11.5 Å². The van der Waals surface area contributed by atoms with Crippen molar-refractivity contribution in [2.45, 2.75) is 96.0 Å². The molecule has 0 bridgehead atoms. The third kappa shape index (κ3) is 6.97. The SMILES string of the molecule is CCCCN(C)C(=S)CSCCCCCOc1ccc([C@H]2C[C@]3(C)[C@@H](O)CC[C@H]3[C@@H]3CCc4cc(O)ccc4[C@H]32)cc1. The van der Waals surface area contributed by atoms with E-state index in [-0.39, 0.29) is 11.5 Å². The Balaban J connectivity index is 1.14. The van der Waals surface area contributed by atoms with E-state index in [1.54, 1.807) is 0 Å². The standard InChI is InChI=1S/C36H51NO3S2/c1-4-5-19-37(3)34(41)24-42-21-8-6-7-20-40-28-13-9-25(10-14-28)31-23-36(2)32(17-18-33(36)39)30-15-11-26-22-27(38)12-16-29(26)35(30)31/h9-10,12-14,16,22,30-33,35,38-39H,4-8,11,15,17-21,23-24H2,1-3H3/t30-,31+,32-,33-,35+,36-/m0/s1. The highest BCUT2D eigenvalue weighted by Crippen LogP contribution is 2.65. The van der Waals surface area contributed by atoms with Gasteiger partial charge in [0.25, 0.3) is 0 Å². The fourth-order valence-electron chi connectivity index (χ4n) is 8.27. The van der Waals surface area contributed by atoms with Crippen LogP contribution in [0.25, 0.3) is 0 Å². The minimum atomic E-state index is -0.211. The van der Waals surface area contributed by atoms with Crippen LogP contribution < -0.4 is 4.74 Å². The molecule has 2 fully saturated rings. The number of aromatic hydroxyl groups is 1. The number of aliphatic hydroxyl groups excluding tert-OH is 1. The molecule has 0 saturated heterocycles. The summed E-state index contributed by atoms with van der Waals surface area (Å²) >= 11 is 7.51. The molecule has 0 aliphatic heterocycles. The van der Waals surface area contributed by atoms with E-state index in [1.165, 1.54) is 42.4 Å². The Morgan fingerprint density at radius 3 is 2.67 bits per heavy atom. The molecule has 0 spiro atoms. The molecule has 0 heterocycles. The first kappa shape index (κ1) is 31.7. The van der Waals surface area contributed by atoms with E-state index >= 15 is 0 Å². The van der Waals surface area contributed by atoms with Gasteiger partial charge in [0.2, 0.25) is 0 Å². The van der Waals surface area contributed by atoms with Gasteiger partial charge in [-0.25, -0.2) is 0 Å². The number of thiocarbonyl (C=S) groups is 1. The molecule has 4 nitrogen and oxygen atoms in total. The molecule has 42 heavy (non-hydrogen) atoms. The lowest BCUT2D eigenvalue weighted by molar-refractivity contribution is -0.0323. The van der Waals surface area contributed by atoms with Gasteiger partial charge in [0.05, 0.1) is 17.7 Å². The molecule has 5 rings (SSSR count). The number of phenols is 1. The van der Waals surface area contributed by atoms with Crippen molar-refractivity contribution in [3.05, 3.63) is 59.2 Å². The minimum Gasteiger partial charge on any atom is -0.508 e. The van der Waals surface area contributed by atoms with Crippen molar-refractivity contribution in [3.8, 4) is 11.5 Å². The molecule has 0 amide bonds. The summed E-state index contributed by atoms with van der Waals surface area (Å²) in [4.78, 5) is 3.30. The van der Waals surface area contributed by atoms with Crippen LogP contribution in [0.2, 0.25) is 0 Å². The quantitative estimate of drug-likeness (QED) is 0.176. The van der Waals surface area contributed by atoms with Crippen LogP contribution in [0, 0.1) is 17.3 Å². The summed E-state index contributed by atoms with van der Waals surface area (Å²) in [5.74, 6) is 5.36. The van der Waals surface area contributed by atoms with E-state index < -0.39 is 0 Å². The second-order valence-electron chi connectivity index (χ2n) is 13.3. The minimum absolute atomic E-state index is 0.0242. The van der Waals surface area contributed by atoms with Gasteiger partial charge in [-0.15, -0.1) is 0 Å². The van der Waals surface area contributed by atoms with Gasteiger partial charge in [-0.05, 0) is 134 Å². The molecule has 3 aliphatic rings. The summed E-state index contributed by atoms with van der Waals surface area (Å²) in [7, 11) is 2.12. The highest BCUT2D eigenvalue weighted by atomic mass is 32.2. The number of thioether (sulfide) groups is 1. The second kappa shape index (κ2) is 14.3. The third-order valence-electron chi connectivity index (χ3n) is 10.7. The van der Waals surface area contributed by atoms with Gasteiger partial charge in [-0.3, -0.25) is 0 Å². The van der Waals surface area contributed by atoms with Crippen LogP contribution in [0.5, 0.6) is 11.5 Å². The first-order valence-electron chi connectivity index (χ1n) is 16.4. The first-order chi connectivity index (χ1) is 20.3. The second-order valence-corrected chi connectivity index (χ2v) is 14.9. The van der Waals surface area contributed by atoms with E-state index in [2.05, 4.69) is 56.1 Å². The summed E-state index contributed by atoms with van der Waals surface area (Å²) in [6, 6.07) is 14.9. The zero-order valence-corrected chi connectivity index (χ0v) is 27.5. The van der Waals surface area contributed by atoms with Crippen molar-refractivity contribution in [2.75, 3.05) is 31.7 Å². The van der Waals surface area contributed by atoms with Crippen LogP contribution in [0.15, 0.2) is 42.5 Å². The van der Waals surface area contributed by atoms with Crippen LogP contribution in [-0.2, 0) is 6.42 Å². The predicted molar refractivity (Wildman–Crippen MR) is 180 cm³/mol.